The Morgan fingerprint density at radius 1 is 1.07 bits per heavy atom. The molecule has 3 heterocycles. The van der Waals surface area contributed by atoms with E-state index in [1.807, 2.05) is 11.4 Å². The molecule has 3 nitrogen and oxygen atoms in total. The third-order valence-electron chi connectivity index (χ3n) is 5.13. The maximum atomic E-state index is 12.8. The summed E-state index contributed by atoms with van der Waals surface area (Å²) in [5.41, 5.74) is 3.80. The summed E-state index contributed by atoms with van der Waals surface area (Å²) >= 11 is 3.41. The van der Waals surface area contributed by atoms with Gasteiger partial charge in [-0.05, 0) is 64.3 Å². The predicted octanol–water partition coefficient (Wildman–Crippen LogP) is 5.15. The van der Waals surface area contributed by atoms with Crippen molar-refractivity contribution in [2.45, 2.75) is 38.4 Å². The Labute approximate surface area is 168 Å². The number of carbonyl (C=O) groups is 1. The maximum absolute atomic E-state index is 12.8. The first kappa shape index (κ1) is 18.4. The van der Waals surface area contributed by atoms with Crippen LogP contribution in [0.3, 0.4) is 0 Å². The monoisotopic (exact) mass is 396 g/mol. The number of hydrogen-bond donors (Lipinski definition) is 1. The Balaban J connectivity index is 1.39. The van der Waals surface area contributed by atoms with Gasteiger partial charge >= 0.3 is 0 Å². The van der Waals surface area contributed by atoms with Gasteiger partial charge in [0.25, 0.3) is 0 Å². The molecule has 1 aliphatic rings. The van der Waals surface area contributed by atoms with E-state index in [4.69, 9.17) is 0 Å². The van der Waals surface area contributed by atoms with Crippen LogP contribution >= 0.6 is 22.7 Å². The number of hydrogen-bond acceptors (Lipinski definition) is 4. The lowest BCUT2D eigenvalue weighted by molar-refractivity contribution is -0.128. The van der Waals surface area contributed by atoms with Gasteiger partial charge in [0.15, 0.2) is 0 Å². The van der Waals surface area contributed by atoms with Gasteiger partial charge in [-0.1, -0.05) is 36.8 Å². The number of piperidine rings is 1. The van der Waals surface area contributed by atoms with Crippen LogP contribution in [-0.2, 0) is 17.9 Å². The third-order valence-corrected chi connectivity index (χ3v) is 6.69. The summed E-state index contributed by atoms with van der Waals surface area (Å²) in [7, 11) is 0. The Bertz CT molecular complexity index is 841. The highest BCUT2D eigenvalue weighted by atomic mass is 32.1. The minimum absolute atomic E-state index is 0.0183. The van der Waals surface area contributed by atoms with Gasteiger partial charge in [-0.2, -0.15) is 11.3 Å². The Hall–Kier alpha value is -1.95. The van der Waals surface area contributed by atoms with Crippen molar-refractivity contribution in [2.75, 3.05) is 6.54 Å². The molecule has 1 aliphatic heterocycles. The molecule has 27 heavy (non-hydrogen) atoms. The van der Waals surface area contributed by atoms with Crippen LogP contribution in [0.2, 0.25) is 0 Å². The molecule has 1 unspecified atom stereocenters. The fraction of sp³-hybridized carbons (Fsp3) is 0.318. The molecule has 1 atom stereocenters. The van der Waals surface area contributed by atoms with Crippen LogP contribution < -0.4 is 5.32 Å². The molecule has 0 aliphatic carbocycles. The highest BCUT2D eigenvalue weighted by Gasteiger charge is 2.28. The van der Waals surface area contributed by atoms with Gasteiger partial charge in [0, 0.05) is 11.4 Å². The number of rotatable bonds is 6. The molecular weight excluding hydrogens is 372 g/mol. The second-order valence-electron chi connectivity index (χ2n) is 6.99. The van der Waals surface area contributed by atoms with Gasteiger partial charge in [0.1, 0.15) is 0 Å². The van der Waals surface area contributed by atoms with Crippen molar-refractivity contribution < 1.29 is 4.79 Å². The fourth-order valence-corrected chi connectivity index (χ4v) is 4.96. The molecule has 140 valence electrons. The summed E-state index contributed by atoms with van der Waals surface area (Å²) in [6.07, 6.45) is 3.25. The smallest absolute Gasteiger partial charge is 0.237 e. The van der Waals surface area contributed by atoms with Crippen LogP contribution in [0, 0.1) is 0 Å². The number of amides is 1. The van der Waals surface area contributed by atoms with Gasteiger partial charge in [-0.25, -0.2) is 0 Å². The molecule has 0 radical (unpaired) electrons. The van der Waals surface area contributed by atoms with Crippen LogP contribution in [0.5, 0.6) is 0 Å². The first-order valence-corrected chi connectivity index (χ1v) is 11.3. The van der Waals surface area contributed by atoms with Gasteiger partial charge in [0.2, 0.25) is 5.91 Å². The number of likely N-dealkylation sites (tertiary alicyclic amines) is 1. The van der Waals surface area contributed by atoms with Crippen molar-refractivity contribution >= 4 is 28.6 Å². The summed E-state index contributed by atoms with van der Waals surface area (Å²) in [5, 5.41) is 9.46. The fourth-order valence-electron chi connectivity index (χ4n) is 3.65. The average Bonchev–Trinajstić information content (AvgIpc) is 3.41. The van der Waals surface area contributed by atoms with E-state index in [9.17, 15) is 4.79 Å². The number of carbonyl (C=O) groups excluding carboxylic acids is 1. The lowest BCUT2D eigenvalue weighted by Gasteiger charge is -2.34. The summed E-state index contributed by atoms with van der Waals surface area (Å²) in [4.78, 5) is 16.3. The first-order valence-electron chi connectivity index (χ1n) is 9.45. The molecule has 1 amide bonds. The van der Waals surface area contributed by atoms with E-state index in [2.05, 4.69) is 57.4 Å². The standard InChI is InChI=1S/C22H24N2OS2/c25-22(23-14-20-4-3-12-27-20)21-5-1-2-11-24(21)15-17-6-8-18(9-7-17)19-10-13-26-16-19/h3-4,6-10,12-13,16,21H,1-2,5,11,14-15H2,(H,23,25). The number of nitrogens with one attached hydrogen (secondary N) is 1. The third kappa shape index (κ3) is 4.67. The second kappa shape index (κ2) is 8.83. The van der Waals surface area contributed by atoms with Gasteiger partial charge in [-0.3, -0.25) is 9.69 Å². The molecule has 2 aromatic heterocycles. The van der Waals surface area contributed by atoms with Crippen molar-refractivity contribution in [3.8, 4) is 11.1 Å². The van der Waals surface area contributed by atoms with E-state index < -0.39 is 0 Å². The molecule has 1 fully saturated rings. The van der Waals surface area contributed by atoms with Crippen molar-refractivity contribution in [1.82, 2.24) is 10.2 Å². The maximum Gasteiger partial charge on any atom is 0.237 e. The molecule has 5 heteroatoms. The van der Waals surface area contributed by atoms with E-state index in [1.54, 1.807) is 22.7 Å². The summed E-state index contributed by atoms with van der Waals surface area (Å²) in [6, 6.07) is 15.0. The van der Waals surface area contributed by atoms with E-state index >= 15 is 0 Å². The van der Waals surface area contributed by atoms with E-state index in [0.717, 1.165) is 25.9 Å². The van der Waals surface area contributed by atoms with E-state index in [0.29, 0.717) is 6.54 Å². The largest absolute Gasteiger partial charge is 0.350 e. The summed E-state index contributed by atoms with van der Waals surface area (Å²) < 4.78 is 0. The van der Waals surface area contributed by atoms with Crippen LogP contribution in [0.1, 0.15) is 29.7 Å². The normalized spacial score (nSPS) is 17.7. The minimum atomic E-state index is -0.0183. The van der Waals surface area contributed by atoms with Gasteiger partial charge in [-0.15, -0.1) is 11.3 Å². The Morgan fingerprint density at radius 3 is 2.70 bits per heavy atom. The van der Waals surface area contributed by atoms with Crippen molar-refractivity contribution in [1.29, 1.82) is 0 Å². The molecule has 4 rings (SSSR count). The average molecular weight is 397 g/mol. The Morgan fingerprint density at radius 2 is 1.96 bits per heavy atom. The minimum Gasteiger partial charge on any atom is -0.350 e. The topological polar surface area (TPSA) is 32.3 Å². The number of thiophene rings is 2. The Kier molecular flexibility index (Phi) is 6.02. The predicted molar refractivity (Wildman–Crippen MR) is 114 cm³/mol. The molecule has 0 bridgehead atoms. The molecule has 1 aromatic carbocycles. The zero-order valence-electron chi connectivity index (χ0n) is 15.3. The van der Waals surface area contributed by atoms with Crippen LogP contribution in [0.15, 0.2) is 58.6 Å². The molecule has 3 aromatic rings. The quantitative estimate of drug-likeness (QED) is 0.625. The zero-order chi connectivity index (χ0) is 18.5. The molecular formula is C22H24N2OS2. The van der Waals surface area contributed by atoms with E-state index in [-0.39, 0.29) is 11.9 Å². The lowest BCUT2D eigenvalue weighted by Crippen LogP contribution is -2.48. The first-order chi connectivity index (χ1) is 13.3. The highest BCUT2D eigenvalue weighted by molar-refractivity contribution is 7.09. The summed E-state index contributed by atoms with van der Waals surface area (Å²) in [6.45, 7) is 2.46. The van der Waals surface area contributed by atoms with Crippen LogP contribution in [0.4, 0.5) is 0 Å². The van der Waals surface area contributed by atoms with Crippen LogP contribution in [-0.4, -0.2) is 23.4 Å². The molecule has 0 spiro atoms. The van der Waals surface area contributed by atoms with Crippen molar-refractivity contribution in [3.05, 3.63) is 69.0 Å². The van der Waals surface area contributed by atoms with Crippen molar-refractivity contribution in [2.24, 2.45) is 0 Å². The molecule has 1 saturated heterocycles. The second-order valence-corrected chi connectivity index (χ2v) is 8.80. The molecule has 1 N–H and O–H groups in total. The summed E-state index contributed by atoms with van der Waals surface area (Å²) in [5.74, 6) is 0.165. The lowest BCUT2D eigenvalue weighted by atomic mass is 9.99. The highest BCUT2D eigenvalue weighted by Crippen LogP contribution is 2.24. The number of nitrogens with zero attached hydrogens (tertiary/aromatic N) is 1. The van der Waals surface area contributed by atoms with Crippen molar-refractivity contribution in [3.63, 3.8) is 0 Å². The SMILES string of the molecule is O=C(NCc1cccs1)C1CCCCN1Cc1ccc(-c2ccsc2)cc1. The number of benzene rings is 1. The van der Waals surface area contributed by atoms with Gasteiger partial charge in [0.05, 0.1) is 12.6 Å². The van der Waals surface area contributed by atoms with Gasteiger partial charge < -0.3 is 5.32 Å². The molecule has 0 saturated carbocycles. The van der Waals surface area contributed by atoms with Crippen LogP contribution in [0.25, 0.3) is 11.1 Å². The van der Waals surface area contributed by atoms with E-state index in [1.165, 1.54) is 28.0 Å². The zero-order valence-corrected chi connectivity index (χ0v) is 16.9.